The molecule has 2 aromatic heterocycles. The number of amides is 3. The van der Waals surface area contributed by atoms with Gasteiger partial charge in [-0.25, -0.2) is 14.4 Å². The van der Waals surface area contributed by atoms with Crippen LogP contribution in [-0.2, 0) is 45.3 Å². The van der Waals surface area contributed by atoms with E-state index < -0.39 is 23.9 Å². The number of carboxylic acid groups (broad SMARTS) is 1. The Bertz CT molecular complexity index is 1740. The molecule has 0 aliphatic heterocycles. The fourth-order valence-electron chi connectivity index (χ4n) is 5.50. The SMILES string of the molecule is CCN(CC)CCCCNCc1cc(CNC(=O)C(=O)O)ccn1.CCOC(=O)c1ccccc1OC(=O)NCc1ccnc(CNCC(=O)N(CC)CCN(C)C)c1. The first-order valence-electron chi connectivity index (χ1n) is 20.1. The van der Waals surface area contributed by atoms with Crippen LogP contribution in [0.15, 0.2) is 60.9 Å². The summed E-state index contributed by atoms with van der Waals surface area (Å²) < 4.78 is 10.3. The van der Waals surface area contributed by atoms with Gasteiger partial charge in [-0.05, 0) is 114 Å². The molecule has 3 aromatic rings. The largest absolute Gasteiger partial charge is 0.474 e. The Morgan fingerprint density at radius 2 is 1.36 bits per heavy atom. The topological polar surface area (TPSA) is 208 Å². The number of nitrogens with zero attached hydrogens (tertiary/aromatic N) is 5. The highest BCUT2D eigenvalue weighted by Gasteiger charge is 2.16. The number of carbonyl (C=O) groups excluding carboxylic acids is 4. The molecule has 3 rings (SSSR count). The van der Waals surface area contributed by atoms with Crippen molar-refractivity contribution < 1.29 is 38.6 Å². The average molecular weight is 822 g/mol. The molecule has 17 nitrogen and oxygen atoms in total. The first kappa shape index (κ1) is 49.7. The first-order chi connectivity index (χ1) is 28.4. The molecule has 0 spiro atoms. The first-order valence-corrected chi connectivity index (χ1v) is 20.1. The molecule has 0 radical (unpaired) electrons. The van der Waals surface area contributed by atoms with E-state index in [9.17, 15) is 24.0 Å². The van der Waals surface area contributed by atoms with Crippen LogP contribution >= 0.6 is 0 Å². The van der Waals surface area contributed by atoms with Crippen molar-refractivity contribution in [1.82, 2.24) is 45.9 Å². The zero-order chi connectivity index (χ0) is 43.4. The fraction of sp³-hybridized carbons (Fsp3) is 0.500. The number of carbonyl (C=O) groups is 5. The number of ether oxygens (including phenoxy) is 2. The van der Waals surface area contributed by atoms with Crippen molar-refractivity contribution in [2.45, 2.75) is 66.7 Å². The van der Waals surface area contributed by atoms with Gasteiger partial charge in [-0.2, -0.15) is 0 Å². The van der Waals surface area contributed by atoms with Gasteiger partial charge in [0.1, 0.15) is 11.3 Å². The Hall–Kier alpha value is -5.49. The second kappa shape index (κ2) is 28.8. The number of carboxylic acids is 1. The van der Waals surface area contributed by atoms with Gasteiger partial charge in [-0.3, -0.25) is 19.6 Å². The molecule has 0 aliphatic carbocycles. The summed E-state index contributed by atoms with van der Waals surface area (Å²) in [6.45, 7) is 16.4. The molecule has 0 saturated carbocycles. The molecule has 0 atom stereocenters. The lowest BCUT2D eigenvalue weighted by Gasteiger charge is -2.23. The molecule has 59 heavy (non-hydrogen) atoms. The third kappa shape index (κ3) is 20.7. The van der Waals surface area contributed by atoms with E-state index in [-0.39, 0.29) is 43.5 Å². The number of esters is 1. The van der Waals surface area contributed by atoms with Crippen LogP contribution in [0.25, 0.3) is 0 Å². The number of hydrogen-bond acceptors (Lipinski definition) is 13. The van der Waals surface area contributed by atoms with Crippen molar-refractivity contribution in [3.63, 3.8) is 0 Å². The van der Waals surface area contributed by atoms with Crippen LogP contribution in [0, 0.1) is 0 Å². The van der Waals surface area contributed by atoms with Gasteiger partial charge in [0.15, 0.2) is 0 Å². The summed E-state index contributed by atoms with van der Waals surface area (Å²) in [6, 6.07) is 13.6. The summed E-state index contributed by atoms with van der Waals surface area (Å²) in [5, 5.41) is 20.0. The van der Waals surface area contributed by atoms with Crippen molar-refractivity contribution >= 4 is 29.8 Å². The lowest BCUT2D eigenvalue weighted by atomic mass is 10.2. The number of unbranched alkanes of at least 4 members (excludes halogenated alkanes) is 1. The van der Waals surface area contributed by atoms with Crippen LogP contribution in [0.4, 0.5) is 4.79 Å². The second-order valence-corrected chi connectivity index (χ2v) is 13.5. The van der Waals surface area contributed by atoms with Crippen molar-refractivity contribution in [3.8, 4) is 5.75 Å². The van der Waals surface area contributed by atoms with E-state index in [0.29, 0.717) is 26.2 Å². The smallest absolute Gasteiger partial charge is 0.412 e. The van der Waals surface area contributed by atoms with Crippen LogP contribution in [0.2, 0.25) is 0 Å². The number of aliphatic carboxylic acids is 1. The van der Waals surface area contributed by atoms with Crippen LogP contribution in [0.1, 0.15) is 73.4 Å². The zero-order valence-electron chi connectivity index (χ0n) is 35.4. The minimum absolute atomic E-state index is 0.0398. The van der Waals surface area contributed by atoms with Gasteiger partial charge >= 0.3 is 23.9 Å². The third-order valence-electron chi connectivity index (χ3n) is 8.84. The minimum atomic E-state index is -1.48. The van der Waals surface area contributed by atoms with Gasteiger partial charge in [0.05, 0.1) is 24.5 Å². The second-order valence-electron chi connectivity index (χ2n) is 13.5. The highest BCUT2D eigenvalue weighted by Crippen LogP contribution is 2.19. The van der Waals surface area contributed by atoms with Crippen LogP contribution in [-0.4, -0.2) is 133 Å². The monoisotopic (exact) mass is 821 g/mol. The van der Waals surface area contributed by atoms with Gasteiger partial charge in [0, 0.05) is 58.2 Å². The zero-order valence-corrected chi connectivity index (χ0v) is 35.4. The van der Waals surface area contributed by atoms with E-state index in [1.807, 2.05) is 43.0 Å². The van der Waals surface area contributed by atoms with E-state index >= 15 is 0 Å². The van der Waals surface area contributed by atoms with Crippen LogP contribution < -0.4 is 26.0 Å². The highest BCUT2D eigenvalue weighted by atomic mass is 16.6. The predicted octanol–water partition coefficient (Wildman–Crippen LogP) is 3.04. The fourth-order valence-corrected chi connectivity index (χ4v) is 5.50. The molecule has 0 saturated heterocycles. The Kier molecular flexibility index (Phi) is 24.3. The van der Waals surface area contributed by atoms with E-state index in [4.69, 9.17) is 14.6 Å². The molecule has 17 heteroatoms. The average Bonchev–Trinajstić information content (AvgIpc) is 3.22. The molecule has 3 amide bonds. The van der Waals surface area contributed by atoms with Gasteiger partial charge in [0.25, 0.3) is 0 Å². The van der Waals surface area contributed by atoms with Gasteiger partial charge < -0.3 is 50.5 Å². The normalized spacial score (nSPS) is 10.7. The van der Waals surface area contributed by atoms with E-state index in [1.165, 1.54) is 18.6 Å². The number of likely N-dealkylation sites (N-methyl/N-ethyl adjacent to an activating group) is 2. The maximum atomic E-state index is 12.4. The van der Waals surface area contributed by atoms with Crippen molar-refractivity contribution in [2.24, 2.45) is 0 Å². The third-order valence-corrected chi connectivity index (χ3v) is 8.84. The summed E-state index contributed by atoms with van der Waals surface area (Å²) in [7, 11) is 3.96. The summed E-state index contributed by atoms with van der Waals surface area (Å²) in [5.41, 5.74) is 3.45. The standard InChI is InChI=1S/C25H35N5O5.C17H28N4O3/c1-5-30(14-13-29(3)4)23(31)18-26-17-20-15-19(11-12-27-20)16-28-25(33)35-22-10-8-7-9-21(22)24(32)34-6-2;1-3-21(4-2)10-6-5-8-18-13-15-11-14(7-9-19-15)12-20-16(22)17(23)24/h7-12,15,26H,5-6,13-14,16-18H2,1-4H3,(H,28,33);7,9,11,18H,3-6,8,10,12-13H2,1-2H3,(H,20,22)(H,23,24). The summed E-state index contributed by atoms with van der Waals surface area (Å²) in [5.74, 6) is -2.87. The van der Waals surface area contributed by atoms with Gasteiger partial charge in [-0.15, -0.1) is 0 Å². The predicted molar refractivity (Wildman–Crippen MR) is 224 cm³/mol. The van der Waals surface area contributed by atoms with E-state index in [2.05, 4.69) is 50.0 Å². The maximum absolute atomic E-state index is 12.4. The minimum Gasteiger partial charge on any atom is -0.474 e. The number of nitrogens with one attached hydrogen (secondary N) is 4. The highest BCUT2D eigenvalue weighted by molar-refractivity contribution is 6.31. The number of pyridine rings is 2. The molecular weight excluding hydrogens is 759 g/mol. The number of benzene rings is 1. The van der Waals surface area contributed by atoms with Gasteiger partial charge in [0.2, 0.25) is 5.91 Å². The Morgan fingerprint density at radius 3 is 1.95 bits per heavy atom. The molecular formula is C42H63N9O8. The van der Waals surface area contributed by atoms with E-state index in [1.54, 1.807) is 43.6 Å². The molecule has 0 bridgehead atoms. The summed E-state index contributed by atoms with van der Waals surface area (Å²) >= 11 is 0. The van der Waals surface area contributed by atoms with Crippen LogP contribution in [0.5, 0.6) is 5.75 Å². The molecule has 2 heterocycles. The number of para-hydroxylation sites is 1. The Morgan fingerprint density at radius 1 is 0.729 bits per heavy atom. The molecule has 324 valence electrons. The summed E-state index contributed by atoms with van der Waals surface area (Å²) in [4.78, 5) is 73.1. The molecule has 5 N–H and O–H groups in total. The molecule has 0 fully saturated rings. The summed E-state index contributed by atoms with van der Waals surface area (Å²) in [6.07, 6.45) is 4.90. The van der Waals surface area contributed by atoms with E-state index in [0.717, 1.165) is 61.7 Å². The van der Waals surface area contributed by atoms with Crippen molar-refractivity contribution in [2.75, 3.05) is 73.1 Å². The molecule has 0 aliphatic rings. The van der Waals surface area contributed by atoms with Gasteiger partial charge in [-0.1, -0.05) is 26.0 Å². The molecule has 1 aromatic carbocycles. The van der Waals surface area contributed by atoms with Crippen LogP contribution in [0.3, 0.4) is 0 Å². The lowest BCUT2D eigenvalue weighted by molar-refractivity contribution is -0.150. The quantitative estimate of drug-likeness (QED) is 0.0501. The lowest BCUT2D eigenvalue weighted by Crippen LogP contribution is -2.41. The maximum Gasteiger partial charge on any atom is 0.412 e. The molecule has 0 unspecified atom stereocenters. The number of aromatic nitrogens is 2. The Balaban J connectivity index is 0.000000437. The Labute approximate surface area is 348 Å². The van der Waals surface area contributed by atoms with Crippen molar-refractivity contribution in [1.29, 1.82) is 0 Å². The van der Waals surface area contributed by atoms with Crippen molar-refractivity contribution in [3.05, 3.63) is 89.0 Å². The number of rotatable bonds is 24. The number of hydrogen-bond donors (Lipinski definition) is 5.